The van der Waals surface area contributed by atoms with Gasteiger partial charge in [0, 0.05) is 12.6 Å². The van der Waals surface area contributed by atoms with Crippen molar-refractivity contribution in [1.29, 1.82) is 0 Å². The normalized spacial score (nSPS) is 14.8. The molecule has 1 rings (SSSR count). The van der Waals surface area contributed by atoms with E-state index in [1.807, 2.05) is 31.2 Å². The summed E-state index contributed by atoms with van der Waals surface area (Å²) in [6.45, 7) is 7.12. The number of aliphatic hydroxyl groups is 2. The van der Waals surface area contributed by atoms with Gasteiger partial charge in [0.1, 0.15) is 0 Å². The summed E-state index contributed by atoms with van der Waals surface area (Å²) < 4.78 is 0. The number of hydrogen-bond acceptors (Lipinski definition) is 3. The lowest BCUT2D eigenvalue weighted by Gasteiger charge is -2.28. The quantitative estimate of drug-likeness (QED) is 0.650. The van der Waals surface area contributed by atoms with Crippen molar-refractivity contribution in [3.63, 3.8) is 0 Å². The largest absolute Gasteiger partial charge is 0.396 e. The van der Waals surface area contributed by atoms with Gasteiger partial charge in [0.15, 0.2) is 0 Å². The van der Waals surface area contributed by atoms with E-state index in [1.165, 1.54) is 5.56 Å². The lowest BCUT2D eigenvalue weighted by atomic mass is 9.93. The first-order chi connectivity index (χ1) is 8.56. The van der Waals surface area contributed by atoms with Gasteiger partial charge in [-0.3, -0.25) is 0 Å². The predicted molar refractivity (Wildman–Crippen MR) is 74.5 cm³/mol. The number of nitrogens with one attached hydrogen (secondary N) is 1. The SMILES string of the molecule is Cc1ccc(C(O)C(NCCCO)C(C)C)cc1. The van der Waals surface area contributed by atoms with Gasteiger partial charge in [0.2, 0.25) is 0 Å². The van der Waals surface area contributed by atoms with Gasteiger partial charge < -0.3 is 15.5 Å². The Kier molecular flexibility index (Phi) is 6.33. The minimum Gasteiger partial charge on any atom is -0.396 e. The second kappa shape index (κ2) is 7.52. The summed E-state index contributed by atoms with van der Waals surface area (Å²) in [7, 11) is 0. The van der Waals surface area contributed by atoms with Crippen molar-refractivity contribution in [3.8, 4) is 0 Å². The van der Waals surface area contributed by atoms with Crippen molar-refractivity contribution in [2.45, 2.75) is 39.3 Å². The van der Waals surface area contributed by atoms with Crippen LogP contribution < -0.4 is 5.32 Å². The molecule has 1 aromatic rings. The molecule has 2 atom stereocenters. The molecule has 3 heteroatoms. The molecule has 0 aliphatic carbocycles. The van der Waals surface area contributed by atoms with Crippen LogP contribution in [0, 0.1) is 12.8 Å². The van der Waals surface area contributed by atoms with E-state index in [0.29, 0.717) is 12.3 Å². The van der Waals surface area contributed by atoms with Crippen LogP contribution in [0.1, 0.15) is 37.5 Å². The first kappa shape index (κ1) is 15.2. The van der Waals surface area contributed by atoms with Crippen molar-refractivity contribution in [3.05, 3.63) is 35.4 Å². The molecule has 0 aliphatic rings. The molecule has 0 radical (unpaired) electrons. The van der Waals surface area contributed by atoms with Crippen molar-refractivity contribution >= 4 is 0 Å². The van der Waals surface area contributed by atoms with Crippen LogP contribution in [0.25, 0.3) is 0 Å². The number of benzene rings is 1. The lowest BCUT2D eigenvalue weighted by Crippen LogP contribution is -2.40. The minimum atomic E-state index is -0.510. The molecule has 0 spiro atoms. The minimum absolute atomic E-state index is 0.0132. The zero-order valence-corrected chi connectivity index (χ0v) is 11.6. The Morgan fingerprint density at radius 2 is 1.78 bits per heavy atom. The highest BCUT2D eigenvalue weighted by Crippen LogP contribution is 2.22. The summed E-state index contributed by atoms with van der Waals surface area (Å²) in [4.78, 5) is 0. The van der Waals surface area contributed by atoms with Crippen molar-refractivity contribution in [2.24, 2.45) is 5.92 Å². The van der Waals surface area contributed by atoms with Gasteiger partial charge in [-0.05, 0) is 31.4 Å². The van der Waals surface area contributed by atoms with Crippen LogP contribution in [0.15, 0.2) is 24.3 Å². The molecule has 0 heterocycles. The molecule has 0 aliphatic heterocycles. The summed E-state index contributed by atoms with van der Waals surface area (Å²) in [5.41, 5.74) is 2.14. The van der Waals surface area contributed by atoms with Crippen molar-refractivity contribution in [1.82, 2.24) is 5.32 Å². The van der Waals surface area contributed by atoms with Crippen molar-refractivity contribution in [2.75, 3.05) is 13.2 Å². The molecular weight excluding hydrogens is 226 g/mol. The Morgan fingerprint density at radius 1 is 1.17 bits per heavy atom. The Labute approximate surface area is 110 Å². The van der Waals surface area contributed by atoms with Crippen LogP contribution in [0.2, 0.25) is 0 Å². The van der Waals surface area contributed by atoms with Crippen LogP contribution in [0.4, 0.5) is 0 Å². The topological polar surface area (TPSA) is 52.5 Å². The first-order valence-corrected chi connectivity index (χ1v) is 6.65. The van der Waals surface area contributed by atoms with Gasteiger partial charge in [-0.1, -0.05) is 43.7 Å². The number of hydrogen-bond donors (Lipinski definition) is 3. The first-order valence-electron chi connectivity index (χ1n) is 6.65. The molecule has 0 saturated carbocycles. The average molecular weight is 251 g/mol. The van der Waals surface area contributed by atoms with E-state index in [2.05, 4.69) is 19.2 Å². The molecule has 2 unspecified atom stereocenters. The Hall–Kier alpha value is -0.900. The lowest BCUT2D eigenvalue weighted by molar-refractivity contribution is 0.104. The maximum absolute atomic E-state index is 10.4. The van der Waals surface area contributed by atoms with Crippen LogP contribution >= 0.6 is 0 Å². The van der Waals surface area contributed by atoms with Gasteiger partial charge >= 0.3 is 0 Å². The maximum Gasteiger partial charge on any atom is 0.0945 e. The van der Waals surface area contributed by atoms with Gasteiger partial charge in [0.05, 0.1) is 6.10 Å². The van der Waals surface area contributed by atoms with E-state index >= 15 is 0 Å². The van der Waals surface area contributed by atoms with Crippen LogP contribution in [0.3, 0.4) is 0 Å². The number of aliphatic hydroxyl groups excluding tert-OH is 2. The average Bonchev–Trinajstić information content (AvgIpc) is 2.34. The van der Waals surface area contributed by atoms with Crippen LogP contribution in [0.5, 0.6) is 0 Å². The van der Waals surface area contributed by atoms with Gasteiger partial charge in [0.25, 0.3) is 0 Å². The van der Waals surface area contributed by atoms with Crippen molar-refractivity contribution < 1.29 is 10.2 Å². The van der Waals surface area contributed by atoms with E-state index in [-0.39, 0.29) is 12.6 Å². The third-order valence-corrected chi connectivity index (χ3v) is 3.19. The Balaban J connectivity index is 2.69. The summed E-state index contributed by atoms with van der Waals surface area (Å²) in [6.07, 6.45) is 0.202. The zero-order valence-electron chi connectivity index (χ0n) is 11.6. The molecule has 18 heavy (non-hydrogen) atoms. The monoisotopic (exact) mass is 251 g/mol. The standard InChI is InChI=1S/C15H25NO2/c1-11(2)14(16-9-4-10-17)15(18)13-7-5-12(3)6-8-13/h5-8,11,14-18H,4,9-10H2,1-3H3. The fourth-order valence-corrected chi connectivity index (χ4v) is 2.03. The third-order valence-electron chi connectivity index (χ3n) is 3.19. The van der Waals surface area contributed by atoms with Gasteiger partial charge in [-0.15, -0.1) is 0 Å². The second-order valence-electron chi connectivity index (χ2n) is 5.16. The molecule has 0 saturated heterocycles. The zero-order chi connectivity index (χ0) is 13.5. The molecule has 0 bridgehead atoms. The fraction of sp³-hybridized carbons (Fsp3) is 0.600. The third kappa shape index (κ3) is 4.41. The molecule has 3 N–H and O–H groups in total. The van der Waals surface area contributed by atoms with Crippen LogP contribution in [-0.4, -0.2) is 29.4 Å². The highest BCUT2D eigenvalue weighted by Gasteiger charge is 2.23. The highest BCUT2D eigenvalue weighted by atomic mass is 16.3. The molecule has 0 amide bonds. The highest BCUT2D eigenvalue weighted by molar-refractivity contribution is 5.24. The van der Waals surface area contributed by atoms with Crippen LogP contribution in [-0.2, 0) is 0 Å². The number of rotatable bonds is 7. The molecule has 1 aromatic carbocycles. The summed E-state index contributed by atoms with van der Waals surface area (Å²) in [5, 5.41) is 22.5. The molecule has 102 valence electrons. The molecular formula is C15H25NO2. The smallest absolute Gasteiger partial charge is 0.0945 e. The van der Waals surface area contributed by atoms with E-state index in [1.54, 1.807) is 0 Å². The molecule has 0 fully saturated rings. The Bertz CT molecular complexity index is 335. The number of aryl methyl sites for hydroxylation is 1. The molecule has 3 nitrogen and oxygen atoms in total. The summed E-state index contributed by atoms with van der Waals surface area (Å²) >= 11 is 0. The molecule has 0 aromatic heterocycles. The van der Waals surface area contributed by atoms with E-state index in [9.17, 15) is 5.11 Å². The van der Waals surface area contributed by atoms with Gasteiger partial charge in [-0.2, -0.15) is 0 Å². The summed E-state index contributed by atoms with van der Waals surface area (Å²) in [5.74, 6) is 0.333. The fourth-order valence-electron chi connectivity index (χ4n) is 2.03. The van der Waals surface area contributed by atoms with E-state index in [0.717, 1.165) is 12.1 Å². The predicted octanol–water partition coefficient (Wildman–Crippen LogP) is 2.03. The maximum atomic E-state index is 10.4. The van der Waals surface area contributed by atoms with E-state index < -0.39 is 6.10 Å². The van der Waals surface area contributed by atoms with E-state index in [4.69, 9.17) is 5.11 Å². The van der Waals surface area contributed by atoms with Gasteiger partial charge in [-0.25, -0.2) is 0 Å². The second-order valence-corrected chi connectivity index (χ2v) is 5.16. The Morgan fingerprint density at radius 3 is 2.28 bits per heavy atom. The summed E-state index contributed by atoms with van der Waals surface area (Å²) in [6, 6.07) is 8.00.